The largest absolute Gasteiger partial charge is 0.497 e. The molecule has 0 saturated carbocycles. The highest BCUT2D eigenvalue weighted by Crippen LogP contribution is 2.32. The highest BCUT2D eigenvalue weighted by atomic mass is 32.1. The van der Waals surface area contributed by atoms with Gasteiger partial charge in [0.2, 0.25) is 11.8 Å². The van der Waals surface area contributed by atoms with Crippen molar-refractivity contribution in [1.82, 2.24) is 10.6 Å². The lowest BCUT2D eigenvalue weighted by molar-refractivity contribution is -0.127. The fourth-order valence-electron chi connectivity index (χ4n) is 3.52. The van der Waals surface area contributed by atoms with Crippen LogP contribution in [0.4, 0.5) is 10.1 Å². The summed E-state index contributed by atoms with van der Waals surface area (Å²) in [5.41, 5.74) is -0.226. The van der Waals surface area contributed by atoms with Gasteiger partial charge in [-0.1, -0.05) is 37.3 Å². The first kappa shape index (κ1) is 26.9. The monoisotopic (exact) mass is 511 g/mol. The number of methoxy groups -OCH3 is 1. The first-order valence-corrected chi connectivity index (χ1v) is 12.4. The molecule has 2 N–H and O–H groups in total. The smallest absolute Gasteiger partial charge is 0.261 e. The summed E-state index contributed by atoms with van der Waals surface area (Å²) in [5.74, 6) is -1.77. The molecule has 36 heavy (non-hydrogen) atoms. The first-order valence-electron chi connectivity index (χ1n) is 11.5. The van der Waals surface area contributed by atoms with Crippen LogP contribution in [0.3, 0.4) is 0 Å². The van der Waals surface area contributed by atoms with Gasteiger partial charge in [-0.15, -0.1) is 11.3 Å². The molecule has 1 unspecified atom stereocenters. The van der Waals surface area contributed by atoms with Gasteiger partial charge in [0.1, 0.15) is 17.6 Å². The average Bonchev–Trinajstić information content (AvgIpc) is 3.41. The van der Waals surface area contributed by atoms with E-state index >= 15 is 4.39 Å². The third-order valence-corrected chi connectivity index (χ3v) is 6.66. The number of benzene rings is 2. The molecule has 2 aromatic carbocycles. The van der Waals surface area contributed by atoms with Crippen molar-refractivity contribution >= 4 is 34.7 Å². The standard InChI is InChI=1S/C27H30FN3O4S/c1-5-27(2,3)30-26(34)24(18-10-8-11-19(16-18)35-4)31(21-13-7-6-12-20(21)28)23(32)17-29-25(33)22-14-9-15-36-22/h6-16,24H,5,17H2,1-4H3,(H,29,33)(H,30,34). The van der Waals surface area contributed by atoms with Gasteiger partial charge in [-0.25, -0.2) is 4.39 Å². The molecule has 9 heteroatoms. The van der Waals surface area contributed by atoms with E-state index in [1.54, 1.807) is 47.8 Å². The van der Waals surface area contributed by atoms with Gasteiger partial charge in [0, 0.05) is 5.54 Å². The minimum Gasteiger partial charge on any atom is -0.497 e. The molecule has 0 aliphatic rings. The summed E-state index contributed by atoms with van der Waals surface area (Å²) in [6.45, 7) is 5.23. The molecule has 3 aromatic rings. The number of anilines is 1. The zero-order valence-corrected chi connectivity index (χ0v) is 21.5. The van der Waals surface area contributed by atoms with Crippen LogP contribution in [0.2, 0.25) is 0 Å². The number of nitrogens with zero attached hydrogens (tertiary/aromatic N) is 1. The fraction of sp³-hybridized carbons (Fsp3) is 0.296. The summed E-state index contributed by atoms with van der Waals surface area (Å²) in [7, 11) is 1.49. The van der Waals surface area contributed by atoms with Crippen LogP contribution in [-0.2, 0) is 9.59 Å². The van der Waals surface area contributed by atoms with E-state index in [0.29, 0.717) is 22.6 Å². The van der Waals surface area contributed by atoms with Crippen LogP contribution in [0.25, 0.3) is 0 Å². The maximum atomic E-state index is 15.1. The predicted molar refractivity (Wildman–Crippen MR) is 139 cm³/mol. The van der Waals surface area contributed by atoms with Crippen LogP contribution >= 0.6 is 11.3 Å². The van der Waals surface area contributed by atoms with Crippen LogP contribution in [0.15, 0.2) is 66.0 Å². The van der Waals surface area contributed by atoms with E-state index in [9.17, 15) is 14.4 Å². The third-order valence-electron chi connectivity index (χ3n) is 5.79. The minimum absolute atomic E-state index is 0.0786. The summed E-state index contributed by atoms with van der Waals surface area (Å²) in [6.07, 6.45) is 0.633. The lowest BCUT2D eigenvalue weighted by atomic mass is 9.98. The van der Waals surface area contributed by atoms with E-state index in [0.717, 1.165) is 4.90 Å². The Bertz CT molecular complexity index is 1210. The van der Waals surface area contributed by atoms with Crippen LogP contribution in [-0.4, -0.2) is 36.9 Å². The van der Waals surface area contributed by atoms with E-state index in [-0.39, 0.29) is 5.69 Å². The third kappa shape index (κ3) is 6.48. The van der Waals surface area contributed by atoms with Crippen LogP contribution in [0, 0.1) is 5.82 Å². The van der Waals surface area contributed by atoms with Crippen molar-refractivity contribution in [1.29, 1.82) is 0 Å². The lowest BCUT2D eigenvalue weighted by Gasteiger charge is -2.35. The molecular formula is C27H30FN3O4S. The Kier molecular flexibility index (Phi) is 8.82. The number of amides is 3. The number of thiophene rings is 1. The van der Waals surface area contributed by atoms with Gasteiger partial charge in [-0.2, -0.15) is 0 Å². The average molecular weight is 512 g/mol. The number of hydrogen-bond donors (Lipinski definition) is 2. The molecule has 190 valence electrons. The second kappa shape index (κ2) is 11.8. The summed E-state index contributed by atoms with van der Waals surface area (Å²) >= 11 is 1.24. The van der Waals surface area contributed by atoms with E-state index in [2.05, 4.69) is 10.6 Å². The van der Waals surface area contributed by atoms with Gasteiger partial charge < -0.3 is 15.4 Å². The fourth-order valence-corrected chi connectivity index (χ4v) is 4.16. The number of ether oxygens (including phenoxy) is 1. The number of carbonyl (C=O) groups excluding carboxylic acids is 3. The summed E-state index contributed by atoms with van der Waals surface area (Å²) in [4.78, 5) is 41.3. The van der Waals surface area contributed by atoms with Gasteiger partial charge in [-0.05, 0) is 61.5 Å². The molecule has 1 aromatic heterocycles. The molecule has 3 amide bonds. The Hall–Kier alpha value is -3.72. The molecule has 0 aliphatic heterocycles. The van der Waals surface area contributed by atoms with Crippen LogP contribution in [0.5, 0.6) is 5.75 Å². The van der Waals surface area contributed by atoms with Crippen molar-refractivity contribution in [3.63, 3.8) is 0 Å². The highest BCUT2D eigenvalue weighted by molar-refractivity contribution is 7.12. The number of rotatable bonds is 10. The quantitative estimate of drug-likeness (QED) is 0.413. The van der Waals surface area contributed by atoms with Crippen molar-refractivity contribution in [3.8, 4) is 5.75 Å². The molecule has 3 rings (SSSR count). The second-order valence-electron chi connectivity index (χ2n) is 8.78. The molecular weight excluding hydrogens is 481 g/mol. The molecule has 0 fully saturated rings. The zero-order chi connectivity index (χ0) is 26.3. The Morgan fingerprint density at radius 3 is 2.47 bits per heavy atom. The van der Waals surface area contributed by atoms with E-state index in [4.69, 9.17) is 4.74 Å². The van der Waals surface area contributed by atoms with Crippen molar-refractivity contribution in [3.05, 3.63) is 82.3 Å². The van der Waals surface area contributed by atoms with E-state index in [1.807, 2.05) is 20.8 Å². The minimum atomic E-state index is -1.23. The maximum absolute atomic E-state index is 15.1. The predicted octanol–water partition coefficient (Wildman–Crippen LogP) is 4.70. The molecule has 1 heterocycles. The number of halogens is 1. The Balaban J connectivity index is 2.07. The van der Waals surface area contributed by atoms with Gasteiger partial charge >= 0.3 is 0 Å². The number of nitrogens with one attached hydrogen (secondary N) is 2. The highest BCUT2D eigenvalue weighted by Gasteiger charge is 2.36. The molecule has 0 bridgehead atoms. The van der Waals surface area contributed by atoms with Crippen molar-refractivity contribution in [2.45, 2.75) is 38.8 Å². The van der Waals surface area contributed by atoms with Crippen molar-refractivity contribution in [2.75, 3.05) is 18.6 Å². The maximum Gasteiger partial charge on any atom is 0.261 e. The zero-order valence-electron chi connectivity index (χ0n) is 20.7. The van der Waals surface area contributed by atoms with Gasteiger partial charge in [0.15, 0.2) is 0 Å². The summed E-state index contributed by atoms with van der Waals surface area (Å²) in [5, 5.41) is 7.31. The van der Waals surface area contributed by atoms with Crippen molar-refractivity contribution < 1.29 is 23.5 Å². The molecule has 1 atom stereocenters. The van der Waals surface area contributed by atoms with Crippen LogP contribution < -0.4 is 20.3 Å². The van der Waals surface area contributed by atoms with Gasteiger partial charge in [0.25, 0.3) is 5.91 Å². The Labute approximate surface area is 214 Å². The summed E-state index contributed by atoms with van der Waals surface area (Å²) < 4.78 is 20.4. The normalized spacial score (nSPS) is 11.9. The van der Waals surface area contributed by atoms with Crippen molar-refractivity contribution in [2.24, 2.45) is 0 Å². The Morgan fingerprint density at radius 2 is 1.83 bits per heavy atom. The number of carbonyl (C=O) groups is 3. The number of para-hydroxylation sites is 1. The molecule has 0 saturated heterocycles. The Morgan fingerprint density at radius 1 is 1.08 bits per heavy atom. The summed E-state index contributed by atoms with van der Waals surface area (Å²) in [6, 6.07) is 14.6. The molecule has 0 aliphatic carbocycles. The van der Waals surface area contributed by atoms with Gasteiger partial charge in [0.05, 0.1) is 24.2 Å². The lowest BCUT2D eigenvalue weighted by Crippen LogP contribution is -2.52. The second-order valence-corrected chi connectivity index (χ2v) is 9.73. The van der Waals surface area contributed by atoms with E-state index in [1.165, 1.54) is 36.6 Å². The SMILES string of the molecule is CCC(C)(C)NC(=O)C(c1cccc(OC)c1)N(C(=O)CNC(=O)c1cccs1)c1ccccc1F. The molecule has 0 radical (unpaired) electrons. The number of hydrogen-bond acceptors (Lipinski definition) is 5. The molecule has 0 spiro atoms. The van der Waals surface area contributed by atoms with Crippen LogP contribution in [0.1, 0.15) is 48.5 Å². The topological polar surface area (TPSA) is 87.7 Å². The first-order chi connectivity index (χ1) is 17.2. The molecule has 7 nitrogen and oxygen atoms in total. The van der Waals surface area contributed by atoms with Gasteiger partial charge in [-0.3, -0.25) is 19.3 Å². The van der Waals surface area contributed by atoms with E-state index < -0.39 is 41.7 Å².